The van der Waals surface area contributed by atoms with Crippen LogP contribution in [0.5, 0.6) is 0 Å². The van der Waals surface area contributed by atoms with E-state index in [2.05, 4.69) is 41.5 Å². The van der Waals surface area contributed by atoms with E-state index in [0.29, 0.717) is 34.7 Å². The van der Waals surface area contributed by atoms with E-state index in [0.717, 1.165) is 24.0 Å². The molecule has 0 bridgehead atoms. The second-order valence-electron chi connectivity index (χ2n) is 8.16. The number of anilines is 1. The van der Waals surface area contributed by atoms with Crippen LogP contribution < -0.4 is 5.43 Å². The van der Waals surface area contributed by atoms with Crippen molar-refractivity contribution in [1.29, 1.82) is 0 Å². The van der Waals surface area contributed by atoms with Gasteiger partial charge in [-0.15, -0.1) is 11.3 Å². The number of hydrazone groups is 1. The second kappa shape index (κ2) is 11.5. The Morgan fingerprint density at radius 3 is 2.42 bits per heavy atom. The number of nitrogens with one attached hydrogen (secondary N) is 1. The monoisotopic (exact) mass is 484 g/mol. The molecule has 0 aliphatic heterocycles. The number of rotatable bonds is 11. The largest absolute Gasteiger partial charge is 0.253 e. The van der Waals surface area contributed by atoms with Gasteiger partial charge in [0.1, 0.15) is 0 Å². The van der Waals surface area contributed by atoms with Crippen molar-refractivity contribution in [3.05, 3.63) is 65.0 Å². The molecule has 3 aromatic rings. The van der Waals surface area contributed by atoms with Gasteiger partial charge >= 0.3 is 0 Å². The predicted molar refractivity (Wildman–Crippen MR) is 139 cm³/mol. The van der Waals surface area contributed by atoms with Gasteiger partial charge in [0.2, 0.25) is 15.2 Å². The summed E-state index contributed by atoms with van der Waals surface area (Å²) in [6, 6.07) is 15.3. The van der Waals surface area contributed by atoms with Crippen LogP contribution in [0.25, 0.3) is 11.3 Å². The zero-order valence-corrected chi connectivity index (χ0v) is 21.3. The van der Waals surface area contributed by atoms with Crippen LogP contribution in [0.15, 0.2) is 63.9 Å². The normalized spacial score (nSPS) is 12.2. The van der Waals surface area contributed by atoms with Gasteiger partial charge in [0, 0.05) is 24.0 Å². The molecular formula is C25H32N4O2S2. The summed E-state index contributed by atoms with van der Waals surface area (Å²) in [6.07, 6.45) is 3.32. The number of benzene rings is 2. The SMILES string of the molecule is CCCN(CCC)S(=O)(=O)c1cccc(-c2csc(NN=Cc3ccc(C(C)C)cc3)n2)c1. The smallest absolute Gasteiger partial charge is 0.243 e. The fourth-order valence-electron chi connectivity index (χ4n) is 3.40. The molecule has 33 heavy (non-hydrogen) atoms. The Morgan fingerprint density at radius 2 is 1.79 bits per heavy atom. The van der Waals surface area contributed by atoms with Gasteiger partial charge < -0.3 is 0 Å². The van der Waals surface area contributed by atoms with E-state index in [1.165, 1.54) is 16.9 Å². The summed E-state index contributed by atoms with van der Waals surface area (Å²) < 4.78 is 27.8. The Morgan fingerprint density at radius 1 is 1.09 bits per heavy atom. The molecule has 0 aliphatic rings. The molecule has 0 radical (unpaired) electrons. The maximum absolute atomic E-state index is 13.1. The molecule has 0 unspecified atom stereocenters. The highest BCUT2D eigenvalue weighted by molar-refractivity contribution is 7.89. The van der Waals surface area contributed by atoms with Crippen molar-refractivity contribution < 1.29 is 8.42 Å². The molecule has 1 aromatic heterocycles. The fourth-order valence-corrected chi connectivity index (χ4v) is 5.74. The third-order valence-electron chi connectivity index (χ3n) is 5.19. The van der Waals surface area contributed by atoms with Crippen LogP contribution in [0, 0.1) is 0 Å². The van der Waals surface area contributed by atoms with Gasteiger partial charge in [0.25, 0.3) is 0 Å². The van der Waals surface area contributed by atoms with Gasteiger partial charge in [-0.3, -0.25) is 5.43 Å². The van der Waals surface area contributed by atoms with Crippen molar-refractivity contribution in [1.82, 2.24) is 9.29 Å². The van der Waals surface area contributed by atoms with Crippen molar-refractivity contribution >= 4 is 32.7 Å². The maximum Gasteiger partial charge on any atom is 0.243 e. The Labute approximate surface area is 201 Å². The van der Waals surface area contributed by atoms with Crippen molar-refractivity contribution in [3.63, 3.8) is 0 Å². The summed E-state index contributed by atoms with van der Waals surface area (Å²) in [4.78, 5) is 4.87. The van der Waals surface area contributed by atoms with Gasteiger partial charge in [-0.1, -0.05) is 64.1 Å². The highest BCUT2D eigenvalue weighted by atomic mass is 32.2. The fraction of sp³-hybridized carbons (Fsp3) is 0.360. The molecule has 1 heterocycles. The van der Waals surface area contributed by atoms with Crippen molar-refractivity contribution in [2.45, 2.75) is 51.3 Å². The highest BCUT2D eigenvalue weighted by Gasteiger charge is 2.23. The topological polar surface area (TPSA) is 74.7 Å². The lowest BCUT2D eigenvalue weighted by Crippen LogP contribution is -2.32. The highest BCUT2D eigenvalue weighted by Crippen LogP contribution is 2.28. The quantitative estimate of drug-likeness (QED) is 0.260. The molecule has 176 valence electrons. The first kappa shape index (κ1) is 25.1. The molecule has 0 saturated carbocycles. The van der Waals surface area contributed by atoms with Crippen LogP contribution in [0.1, 0.15) is 57.6 Å². The van der Waals surface area contributed by atoms with Crippen molar-refractivity contribution in [2.24, 2.45) is 5.10 Å². The first-order valence-corrected chi connectivity index (χ1v) is 13.6. The minimum Gasteiger partial charge on any atom is -0.253 e. The molecule has 0 aliphatic carbocycles. The lowest BCUT2D eigenvalue weighted by atomic mass is 10.0. The van der Waals surface area contributed by atoms with Gasteiger partial charge in [0.05, 0.1) is 16.8 Å². The Kier molecular flexibility index (Phi) is 8.77. The van der Waals surface area contributed by atoms with Gasteiger partial charge in [-0.25, -0.2) is 13.4 Å². The van der Waals surface area contributed by atoms with Crippen LogP contribution in [0.4, 0.5) is 5.13 Å². The van der Waals surface area contributed by atoms with Crippen molar-refractivity contribution in [2.75, 3.05) is 18.5 Å². The Balaban J connectivity index is 1.72. The summed E-state index contributed by atoms with van der Waals surface area (Å²) >= 11 is 1.43. The molecule has 0 amide bonds. The first-order chi connectivity index (χ1) is 15.8. The van der Waals surface area contributed by atoms with Crippen LogP contribution in [-0.2, 0) is 10.0 Å². The van der Waals surface area contributed by atoms with Gasteiger partial charge in [-0.05, 0) is 42.0 Å². The summed E-state index contributed by atoms with van der Waals surface area (Å²) in [5, 5.41) is 6.83. The molecule has 2 aromatic carbocycles. The minimum atomic E-state index is -3.53. The number of aromatic nitrogens is 1. The summed E-state index contributed by atoms with van der Waals surface area (Å²) in [7, 11) is -3.53. The van der Waals surface area contributed by atoms with Gasteiger partial charge in [-0.2, -0.15) is 9.41 Å². The number of hydrogen-bond donors (Lipinski definition) is 1. The van der Waals surface area contributed by atoms with E-state index < -0.39 is 10.0 Å². The van der Waals surface area contributed by atoms with E-state index in [-0.39, 0.29) is 0 Å². The molecule has 3 rings (SSSR count). The van der Waals surface area contributed by atoms with Crippen molar-refractivity contribution in [3.8, 4) is 11.3 Å². The van der Waals surface area contributed by atoms with E-state index in [4.69, 9.17) is 0 Å². The summed E-state index contributed by atoms with van der Waals surface area (Å²) in [6.45, 7) is 9.35. The van der Waals surface area contributed by atoms with E-state index in [9.17, 15) is 8.42 Å². The van der Waals surface area contributed by atoms with E-state index in [1.54, 1.807) is 28.7 Å². The molecule has 6 nitrogen and oxygen atoms in total. The maximum atomic E-state index is 13.1. The first-order valence-electron chi connectivity index (χ1n) is 11.3. The van der Waals surface area contributed by atoms with Crippen LogP contribution in [-0.4, -0.2) is 37.0 Å². The molecule has 0 spiro atoms. The lowest BCUT2D eigenvalue weighted by Gasteiger charge is -2.21. The van der Waals surface area contributed by atoms with Crippen LogP contribution in [0.2, 0.25) is 0 Å². The number of thiazole rings is 1. The molecule has 0 saturated heterocycles. The molecule has 8 heteroatoms. The summed E-state index contributed by atoms with van der Waals surface area (Å²) in [5.74, 6) is 0.498. The molecular weight excluding hydrogens is 452 g/mol. The average molecular weight is 485 g/mol. The molecule has 1 N–H and O–H groups in total. The van der Waals surface area contributed by atoms with Crippen LogP contribution >= 0.6 is 11.3 Å². The van der Waals surface area contributed by atoms with Gasteiger partial charge in [0.15, 0.2) is 0 Å². The average Bonchev–Trinajstić information content (AvgIpc) is 3.28. The lowest BCUT2D eigenvalue weighted by molar-refractivity contribution is 0.410. The van der Waals surface area contributed by atoms with E-state index >= 15 is 0 Å². The number of hydrogen-bond acceptors (Lipinski definition) is 6. The zero-order chi connectivity index (χ0) is 23.8. The van der Waals surface area contributed by atoms with Crippen LogP contribution in [0.3, 0.4) is 0 Å². The predicted octanol–water partition coefficient (Wildman–Crippen LogP) is 6.19. The third-order valence-corrected chi connectivity index (χ3v) is 7.84. The zero-order valence-electron chi connectivity index (χ0n) is 19.7. The third kappa shape index (κ3) is 6.50. The summed E-state index contributed by atoms with van der Waals surface area (Å²) in [5.41, 5.74) is 6.75. The second-order valence-corrected chi connectivity index (χ2v) is 11.0. The number of nitrogens with zero attached hydrogens (tertiary/aromatic N) is 3. The Bertz CT molecular complexity index is 1160. The number of sulfonamides is 1. The standard InChI is InChI=1S/C25H32N4O2S2/c1-5-14-29(15-6-2)33(30,31)23-9-7-8-22(16-23)24-18-32-25(27-24)28-26-17-20-10-12-21(13-11-20)19(3)4/h7-13,16-19H,5-6,14-15H2,1-4H3,(H,27,28). The molecule has 0 fully saturated rings. The Hall–Kier alpha value is -2.55. The minimum absolute atomic E-state index is 0.298. The molecule has 0 atom stereocenters. The van der Waals surface area contributed by atoms with E-state index in [1.807, 2.05) is 37.4 Å².